The molecule has 6 heteroatoms. The second kappa shape index (κ2) is 7.70. The van der Waals surface area contributed by atoms with E-state index in [9.17, 15) is 4.79 Å². The highest BCUT2D eigenvalue weighted by Gasteiger charge is 2.20. The van der Waals surface area contributed by atoms with E-state index in [1.807, 2.05) is 24.3 Å². The summed E-state index contributed by atoms with van der Waals surface area (Å²) in [5.41, 5.74) is 2.11. The Kier molecular flexibility index (Phi) is 5.18. The molecule has 0 aliphatic carbocycles. The van der Waals surface area contributed by atoms with Crippen molar-refractivity contribution in [3.8, 4) is 5.75 Å². The summed E-state index contributed by atoms with van der Waals surface area (Å²) >= 11 is 0. The van der Waals surface area contributed by atoms with Crippen LogP contribution in [0.25, 0.3) is 0 Å². The number of amides is 1. The minimum atomic E-state index is -0.326. The Labute approximate surface area is 145 Å². The number of aromatic nitrogens is 1. The van der Waals surface area contributed by atoms with Crippen LogP contribution in [0.3, 0.4) is 0 Å². The van der Waals surface area contributed by atoms with Gasteiger partial charge in [0.15, 0.2) is 5.69 Å². The zero-order valence-electron chi connectivity index (χ0n) is 14.2. The van der Waals surface area contributed by atoms with Crippen LogP contribution in [0.4, 0.5) is 0 Å². The van der Waals surface area contributed by atoms with Crippen LogP contribution in [0.15, 0.2) is 51.6 Å². The van der Waals surface area contributed by atoms with E-state index in [2.05, 4.69) is 17.4 Å². The fraction of sp³-hybridized carbons (Fsp3) is 0.263. The number of hydrogen-bond acceptors (Lipinski definition) is 5. The predicted molar refractivity (Wildman–Crippen MR) is 91.3 cm³/mol. The lowest BCUT2D eigenvalue weighted by molar-refractivity contribution is 0.0936. The lowest BCUT2D eigenvalue weighted by Crippen LogP contribution is -2.24. The van der Waals surface area contributed by atoms with Crippen molar-refractivity contribution in [2.24, 2.45) is 0 Å². The van der Waals surface area contributed by atoms with Crippen LogP contribution in [-0.2, 0) is 19.6 Å². The van der Waals surface area contributed by atoms with E-state index < -0.39 is 0 Å². The molecule has 0 fully saturated rings. The molecule has 2 aromatic heterocycles. The first-order valence-corrected chi connectivity index (χ1v) is 8.15. The Hall–Kier alpha value is -3.02. The van der Waals surface area contributed by atoms with E-state index in [4.69, 9.17) is 13.7 Å². The minimum absolute atomic E-state index is 0.213. The summed E-state index contributed by atoms with van der Waals surface area (Å²) in [4.78, 5) is 12.3. The third-order valence-electron chi connectivity index (χ3n) is 3.92. The number of nitrogens with one attached hydrogen (secondary N) is 1. The molecule has 1 aromatic carbocycles. The van der Waals surface area contributed by atoms with Crippen LogP contribution in [0, 0.1) is 6.92 Å². The van der Waals surface area contributed by atoms with E-state index in [0.29, 0.717) is 17.1 Å². The van der Waals surface area contributed by atoms with Crippen LogP contribution in [0.5, 0.6) is 5.75 Å². The van der Waals surface area contributed by atoms with E-state index in [0.717, 1.165) is 12.2 Å². The van der Waals surface area contributed by atoms with E-state index >= 15 is 0 Å². The van der Waals surface area contributed by atoms with E-state index in [-0.39, 0.29) is 24.8 Å². The maximum atomic E-state index is 12.3. The Bertz CT molecular complexity index is 820. The van der Waals surface area contributed by atoms with Crippen molar-refractivity contribution in [2.45, 2.75) is 33.4 Å². The number of ether oxygens (including phenoxy) is 1. The van der Waals surface area contributed by atoms with Crippen LogP contribution < -0.4 is 10.1 Å². The number of furan rings is 1. The lowest BCUT2D eigenvalue weighted by atomic mass is 10.1. The maximum absolute atomic E-state index is 12.3. The van der Waals surface area contributed by atoms with Gasteiger partial charge in [-0.2, -0.15) is 0 Å². The molecule has 3 rings (SSSR count). The number of carbonyl (C=O) groups is 1. The summed E-state index contributed by atoms with van der Waals surface area (Å²) in [7, 11) is 0. The summed E-state index contributed by atoms with van der Waals surface area (Å²) in [6.07, 6.45) is 2.54. The Morgan fingerprint density at radius 3 is 2.72 bits per heavy atom. The van der Waals surface area contributed by atoms with E-state index in [1.54, 1.807) is 25.3 Å². The number of nitrogens with zero attached hydrogens (tertiary/aromatic N) is 1. The third kappa shape index (κ3) is 4.09. The molecule has 0 bridgehead atoms. The summed E-state index contributed by atoms with van der Waals surface area (Å²) in [6.45, 7) is 4.36. The molecular formula is C19H20N2O4. The highest BCUT2D eigenvalue weighted by atomic mass is 16.5. The van der Waals surface area contributed by atoms with Gasteiger partial charge in [-0.25, -0.2) is 0 Å². The van der Waals surface area contributed by atoms with Crippen molar-refractivity contribution in [3.63, 3.8) is 0 Å². The second-order valence-corrected chi connectivity index (χ2v) is 5.61. The Morgan fingerprint density at radius 2 is 2.04 bits per heavy atom. The quantitative estimate of drug-likeness (QED) is 0.710. The van der Waals surface area contributed by atoms with Crippen molar-refractivity contribution in [3.05, 3.63) is 71.0 Å². The Balaban J connectivity index is 1.64. The molecule has 0 aliphatic rings. The van der Waals surface area contributed by atoms with Crippen LogP contribution >= 0.6 is 0 Å². The van der Waals surface area contributed by atoms with Gasteiger partial charge in [-0.05, 0) is 43.2 Å². The smallest absolute Gasteiger partial charge is 0.274 e. The molecule has 130 valence electrons. The van der Waals surface area contributed by atoms with Gasteiger partial charge in [-0.3, -0.25) is 4.79 Å². The number of aryl methyl sites for hydroxylation is 2. The standard InChI is InChI=1S/C19H20N2O4/c1-3-14-6-8-15(9-7-14)24-12-17-13(2)25-21-18(17)19(22)20-11-16-5-4-10-23-16/h4-10H,3,11-12H2,1-2H3,(H,20,22). The van der Waals surface area contributed by atoms with Crippen molar-refractivity contribution in [1.29, 1.82) is 0 Å². The molecule has 1 N–H and O–H groups in total. The van der Waals surface area contributed by atoms with Gasteiger partial charge in [0.05, 0.1) is 18.4 Å². The number of carbonyl (C=O) groups excluding carboxylic acids is 1. The van der Waals surface area contributed by atoms with Gasteiger partial charge in [0.25, 0.3) is 5.91 Å². The first kappa shape index (κ1) is 16.8. The van der Waals surface area contributed by atoms with E-state index in [1.165, 1.54) is 5.56 Å². The largest absolute Gasteiger partial charge is 0.489 e. The van der Waals surface area contributed by atoms with Gasteiger partial charge in [-0.15, -0.1) is 0 Å². The number of hydrogen-bond donors (Lipinski definition) is 1. The summed E-state index contributed by atoms with van der Waals surface area (Å²) in [5.74, 6) is 1.64. The van der Waals surface area contributed by atoms with Crippen molar-refractivity contribution >= 4 is 5.91 Å². The minimum Gasteiger partial charge on any atom is -0.489 e. The molecule has 0 unspecified atom stereocenters. The highest BCUT2D eigenvalue weighted by molar-refractivity contribution is 5.93. The van der Waals surface area contributed by atoms with Crippen LogP contribution in [-0.4, -0.2) is 11.1 Å². The molecule has 0 saturated heterocycles. The van der Waals surface area contributed by atoms with Gasteiger partial charge in [0.2, 0.25) is 0 Å². The molecule has 0 aliphatic heterocycles. The second-order valence-electron chi connectivity index (χ2n) is 5.61. The maximum Gasteiger partial charge on any atom is 0.274 e. The summed E-state index contributed by atoms with van der Waals surface area (Å²) in [5, 5.41) is 6.62. The van der Waals surface area contributed by atoms with Gasteiger partial charge in [0, 0.05) is 0 Å². The van der Waals surface area contributed by atoms with Crippen molar-refractivity contribution in [1.82, 2.24) is 10.5 Å². The molecule has 0 saturated carbocycles. The zero-order chi connectivity index (χ0) is 17.6. The number of benzene rings is 1. The molecule has 0 atom stereocenters. The average Bonchev–Trinajstić information content (AvgIpc) is 3.28. The average molecular weight is 340 g/mol. The highest BCUT2D eigenvalue weighted by Crippen LogP contribution is 2.19. The summed E-state index contributed by atoms with van der Waals surface area (Å²) < 4.78 is 16.1. The fourth-order valence-corrected chi connectivity index (χ4v) is 2.38. The Morgan fingerprint density at radius 1 is 1.24 bits per heavy atom. The molecule has 25 heavy (non-hydrogen) atoms. The molecule has 1 amide bonds. The van der Waals surface area contributed by atoms with Crippen LogP contribution in [0.2, 0.25) is 0 Å². The molecular weight excluding hydrogens is 320 g/mol. The predicted octanol–water partition coefficient (Wildman–Crippen LogP) is 3.65. The monoisotopic (exact) mass is 340 g/mol. The molecule has 2 heterocycles. The first-order valence-electron chi connectivity index (χ1n) is 8.15. The first-order chi connectivity index (χ1) is 12.2. The molecule has 6 nitrogen and oxygen atoms in total. The molecule has 3 aromatic rings. The zero-order valence-corrected chi connectivity index (χ0v) is 14.2. The summed E-state index contributed by atoms with van der Waals surface area (Å²) in [6, 6.07) is 11.4. The normalized spacial score (nSPS) is 10.6. The van der Waals surface area contributed by atoms with Crippen molar-refractivity contribution in [2.75, 3.05) is 0 Å². The van der Waals surface area contributed by atoms with Gasteiger partial charge in [0.1, 0.15) is 23.9 Å². The molecule has 0 spiro atoms. The number of rotatable bonds is 7. The van der Waals surface area contributed by atoms with Gasteiger partial charge in [-0.1, -0.05) is 24.2 Å². The van der Waals surface area contributed by atoms with Gasteiger partial charge >= 0.3 is 0 Å². The third-order valence-corrected chi connectivity index (χ3v) is 3.92. The van der Waals surface area contributed by atoms with Gasteiger partial charge < -0.3 is 19.0 Å². The molecule has 0 radical (unpaired) electrons. The fourth-order valence-electron chi connectivity index (χ4n) is 2.38. The van der Waals surface area contributed by atoms with Crippen LogP contribution in [0.1, 0.15) is 40.1 Å². The van der Waals surface area contributed by atoms with Crippen molar-refractivity contribution < 1.29 is 18.5 Å². The SMILES string of the molecule is CCc1ccc(OCc2c(C(=O)NCc3ccco3)noc2C)cc1. The topological polar surface area (TPSA) is 77.5 Å². The lowest BCUT2D eigenvalue weighted by Gasteiger charge is -2.07.